The average molecular weight is 390 g/mol. The minimum atomic E-state index is -4.42. The van der Waals surface area contributed by atoms with E-state index in [1.165, 1.54) is 0 Å². The van der Waals surface area contributed by atoms with E-state index in [2.05, 4.69) is 0 Å². The zero-order valence-electron chi connectivity index (χ0n) is 14.5. The summed E-state index contributed by atoms with van der Waals surface area (Å²) >= 11 is 5.96. The molecule has 7 heteroatoms. The van der Waals surface area contributed by atoms with Gasteiger partial charge in [-0.1, -0.05) is 36.6 Å². The van der Waals surface area contributed by atoms with E-state index >= 15 is 0 Å². The first-order valence-corrected chi connectivity index (χ1v) is 9.41. The molecule has 1 aromatic rings. The lowest BCUT2D eigenvalue weighted by Gasteiger charge is -2.41. The van der Waals surface area contributed by atoms with Crippen LogP contribution in [-0.2, 0) is 14.9 Å². The minimum absolute atomic E-state index is 0.389. The summed E-state index contributed by atoms with van der Waals surface area (Å²) in [5, 5.41) is 0.547. The maximum atomic E-state index is 13.5. The van der Waals surface area contributed by atoms with Gasteiger partial charge in [0.2, 0.25) is 5.91 Å². The number of hydrogen-bond donors (Lipinski definition) is 0. The Morgan fingerprint density at radius 2 is 1.73 bits per heavy atom. The van der Waals surface area contributed by atoms with Crippen molar-refractivity contribution in [3.63, 3.8) is 0 Å². The third-order valence-corrected chi connectivity index (χ3v) is 5.76. The lowest BCUT2D eigenvalue weighted by molar-refractivity contribution is -0.172. The van der Waals surface area contributed by atoms with E-state index in [1.807, 2.05) is 0 Å². The molecule has 2 fully saturated rings. The van der Waals surface area contributed by atoms with Crippen molar-refractivity contribution >= 4 is 17.5 Å². The van der Waals surface area contributed by atoms with Crippen LogP contribution in [0.5, 0.6) is 0 Å². The van der Waals surface area contributed by atoms with Gasteiger partial charge in [-0.05, 0) is 43.4 Å². The quantitative estimate of drug-likeness (QED) is 0.745. The number of hydrogen-bond acceptors (Lipinski definition) is 2. The standard InChI is InChI=1S/C19H23ClF3NO2/c20-15-5-3-14(4-6-15)18(9-1-2-10-18)17(25)24(13-19(21,22)23)16-7-11-26-12-8-16/h3-6,16H,1-2,7-13H2. The zero-order chi connectivity index (χ0) is 18.8. The number of benzene rings is 1. The number of carbonyl (C=O) groups is 1. The Kier molecular flexibility index (Phi) is 5.82. The molecule has 3 rings (SSSR count). The summed E-state index contributed by atoms with van der Waals surface area (Å²) in [5.74, 6) is -0.401. The van der Waals surface area contributed by atoms with Crippen molar-refractivity contribution in [2.75, 3.05) is 19.8 Å². The molecule has 1 saturated carbocycles. The summed E-state index contributed by atoms with van der Waals surface area (Å²) in [6, 6.07) is 6.53. The van der Waals surface area contributed by atoms with E-state index in [0.29, 0.717) is 43.9 Å². The fourth-order valence-electron chi connectivity index (χ4n) is 4.21. The van der Waals surface area contributed by atoms with Crippen LogP contribution < -0.4 is 0 Å². The normalized spacial score (nSPS) is 20.9. The SMILES string of the molecule is O=C(N(CC(F)(F)F)C1CCOCC1)C1(c2ccc(Cl)cc2)CCCC1. The largest absolute Gasteiger partial charge is 0.406 e. The summed E-state index contributed by atoms with van der Waals surface area (Å²) in [6.07, 6.45) is -0.717. The van der Waals surface area contributed by atoms with Crippen molar-refractivity contribution in [1.82, 2.24) is 4.90 Å². The third-order valence-electron chi connectivity index (χ3n) is 5.51. The Bertz CT molecular complexity index is 621. The van der Waals surface area contributed by atoms with Crippen molar-refractivity contribution in [3.8, 4) is 0 Å². The predicted octanol–water partition coefficient (Wildman–Crippen LogP) is 4.72. The van der Waals surface area contributed by atoms with Crippen LogP contribution in [0.2, 0.25) is 5.02 Å². The van der Waals surface area contributed by atoms with E-state index in [0.717, 1.165) is 23.3 Å². The van der Waals surface area contributed by atoms with Crippen molar-refractivity contribution in [2.45, 2.75) is 56.2 Å². The smallest absolute Gasteiger partial charge is 0.381 e. The topological polar surface area (TPSA) is 29.5 Å². The van der Waals surface area contributed by atoms with Crippen LogP contribution in [0, 0.1) is 0 Å². The highest BCUT2D eigenvalue weighted by Gasteiger charge is 2.48. The lowest BCUT2D eigenvalue weighted by Crippen LogP contribution is -2.54. The van der Waals surface area contributed by atoms with E-state index in [9.17, 15) is 18.0 Å². The summed E-state index contributed by atoms with van der Waals surface area (Å²) < 4.78 is 45.0. The summed E-state index contributed by atoms with van der Waals surface area (Å²) in [5.41, 5.74) is -0.114. The molecule has 144 valence electrons. The molecule has 0 N–H and O–H groups in total. The second kappa shape index (κ2) is 7.77. The summed E-state index contributed by atoms with van der Waals surface area (Å²) in [4.78, 5) is 14.6. The number of alkyl halides is 3. The van der Waals surface area contributed by atoms with Crippen LogP contribution in [-0.4, -0.2) is 42.8 Å². The molecule has 1 saturated heterocycles. The molecule has 1 heterocycles. The second-order valence-electron chi connectivity index (χ2n) is 7.19. The molecule has 2 aliphatic rings. The van der Waals surface area contributed by atoms with Crippen molar-refractivity contribution in [3.05, 3.63) is 34.9 Å². The van der Waals surface area contributed by atoms with Crippen molar-refractivity contribution < 1.29 is 22.7 Å². The van der Waals surface area contributed by atoms with Crippen LogP contribution in [0.3, 0.4) is 0 Å². The van der Waals surface area contributed by atoms with E-state index < -0.39 is 30.1 Å². The summed E-state index contributed by atoms with van der Waals surface area (Å²) in [6.45, 7) is -0.424. The highest BCUT2D eigenvalue weighted by molar-refractivity contribution is 6.30. The van der Waals surface area contributed by atoms with Crippen molar-refractivity contribution in [2.24, 2.45) is 0 Å². The first-order valence-electron chi connectivity index (χ1n) is 9.03. The molecule has 1 amide bonds. The van der Waals surface area contributed by atoms with Gasteiger partial charge in [0.25, 0.3) is 0 Å². The number of ether oxygens (including phenoxy) is 1. The lowest BCUT2D eigenvalue weighted by atomic mass is 9.77. The Morgan fingerprint density at radius 1 is 1.15 bits per heavy atom. The fraction of sp³-hybridized carbons (Fsp3) is 0.632. The van der Waals surface area contributed by atoms with E-state index in [-0.39, 0.29) is 0 Å². The van der Waals surface area contributed by atoms with Crippen molar-refractivity contribution in [1.29, 1.82) is 0 Å². The number of carbonyl (C=O) groups excluding carboxylic acids is 1. The molecule has 1 aliphatic carbocycles. The van der Waals surface area contributed by atoms with Gasteiger partial charge >= 0.3 is 6.18 Å². The Labute approximate surface area is 156 Å². The maximum absolute atomic E-state index is 13.5. The highest BCUT2D eigenvalue weighted by atomic mass is 35.5. The third kappa shape index (κ3) is 4.17. The summed E-state index contributed by atoms with van der Waals surface area (Å²) in [7, 11) is 0. The first kappa shape index (κ1) is 19.5. The molecule has 0 unspecified atom stereocenters. The Balaban J connectivity index is 1.94. The van der Waals surface area contributed by atoms with Gasteiger partial charge in [0.05, 0.1) is 5.41 Å². The number of rotatable bonds is 4. The van der Waals surface area contributed by atoms with Gasteiger partial charge in [0.1, 0.15) is 6.54 Å². The van der Waals surface area contributed by atoms with Gasteiger partial charge in [-0.15, -0.1) is 0 Å². The van der Waals surface area contributed by atoms with E-state index in [4.69, 9.17) is 16.3 Å². The van der Waals surface area contributed by atoms with Gasteiger partial charge in [-0.2, -0.15) is 13.2 Å². The van der Waals surface area contributed by atoms with Gasteiger partial charge in [-0.3, -0.25) is 4.79 Å². The number of halogens is 4. The Morgan fingerprint density at radius 3 is 2.27 bits per heavy atom. The molecule has 0 spiro atoms. The predicted molar refractivity (Wildman–Crippen MR) is 93.2 cm³/mol. The Hall–Kier alpha value is -1.27. The van der Waals surface area contributed by atoms with Crippen LogP contribution in [0.4, 0.5) is 13.2 Å². The molecule has 26 heavy (non-hydrogen) atoms. The monoisotopic (exact) mass is 389 g/mol. The van der Waals surface area contributed by atoms with Gasteiger partial charge < -0.3 is 9.64 Å². The molecule has 0 radical (unpaired) electrons. The molecule has 1 aliphatic heterocycles. The molecule has 1 aromatic carbocycles. The molecular weight excluding hydrogens is 367 g/mol. The molecule has 0 bridgehead atoms. The minimum Gasteiger partial charge on any atom is -0.381 e. The zero-order valence-corrected chi connectivity index (χ0v) is 15.3. The number of nitrogens with zero attached hydrogens (tertiary/aromatic N) is 1. The second-order valence-corrected chi connectivity index (χ2v) is 7.62. The van der Waals surface area contributed by atoms with Crippen LogP contribution in [0.1, 0.15) is 44.1 Å². The average Bonchev–Trinajstić information content (AvgIpc) is 3.11. The maximum Gasteiger partial charge on any atom is 0.406 e. The molecule has 3 nitrogen and oxygen atoms in total. The van der Waals surface area contributed by atoms with Crippen LogP contribution in [0.15, 0.2) is 24.3 Å². The highest BCUT2D eigenvalue weighted by Crippen LogP contribution is 2.44. The fourth-order valence-corrected chi connectivity index (χ4v) is 4.33. The first-order chi connectivity index (χ1) is 12.3. The molecule has 0 atom stereocenters. The molecule has 0 aromatic heterocycles. The van der Waals surface area contributed by atoms with E-state index in [1.54, 1.807) is 24.3 Å². The van der Waals surface area contributed by atoms with Gasteiger partial charge in [-0.25, -0.2) is 0 Å². The number of amides is 1. The molecular formula is C19H23ClF3NO2. The van der Waals surface area contributed by atoms with Gasteiger partial charge in [0, 0.05) is 24.3 Å². The van der Waals surface area contributed by atoms with Gasteiger partial charge in [0.15, 0.2) is 0 Å². The van der Waals surface area contributed by atoms with Crippen LogP contribution in [0.25, 0.3) is 0 Å². The van der Waals surface area contributed by atoms with Crippen LogP contribution >= 0.6 is 11.6 Å².